The minimum atomic E-state index is -0.386. The van der Waals surface area contributed by atoms with Gasteiger partial charge in [0.05, 0.1) is 12.0 Å². The van der Waals surface area contributed by atoms with Gasteiger partial charge in [0.1, 0.15) is 5.75 Å². The molecule has 0 unspecified atom stereocenters. The van der Waals surface area contributed by atoms with E-state index in [1.165, 1.54) is 0 Å². The molecular formula is C25H28ClN3O5. The van der Waals surface area contributed by atoms with Gasteiger partial charge in [0.15, 0.2) is 6.61 Å². The van der Waals surface area contributed by atoms with Crippen LogP contribution in [0.5, 0.6) is 5.75 Å². The summed E-state index contributed by atoms with van der Waals surface area (Å²) in [5.41, 5.74) is 2.11. The molecular weight excluding hydrogens is 458 g/mol. The van der Waals surface area contributed by atoms with Crippen LogP contribution in [-0.4, -0.2) is 50.1 Å². The van der Waals surface area contributed by atoms with Gasteiger partial charge in [-0.25, -0.2) is 0 Å². The number of ether oxygens (including phenoxy) is 2. The molecule has 0 spiro atoms. The smallest absolute Gasteiger partial charge is 0.262 e. The van der Waals surface area contributed by atoms with Gasteiger partial charge >= 0.3 is 0 Å². The molecule has 2 N–H and O–H groups in total. The Morgan fingerprint density at radius 1 is 1.21 bits per heavy atom. The van der Waals surface area contributed by atoms with Crippen molar-refractivity contribution in [2.75, 3.05) is 36.5 Å². The van der Waals surface area contributed by atoms with Crippen molar-refractivity contribution < 1.29 is 23.9 Å². The Morgan fingerprint density at radius 3 is 2.74 bits per heavy atom. The van der Waals surface area contributed by atoms with Gasteiger partial charge in [-0.1, -0.05) is 17.7 Å². The number of rotatable bonds is 8. The zero-order chi connectivity index (χ0) is 24.1. The second-order valence-electron chi connectivity index (χ2n) is 8.53. The predicted octanol–water partition coefficient (Wildman–Crippen LogP) is 3.31. The third-order valence-electron chi connectivity index (χ3n) is 6.08. The molecule has 0 aliphatic carbocycles. The van der Waals surface area contributed by atoms with Crippen molar-refractivity contribution in [3.05, 3.63) is 53.1 Å². The highest BCUT2D eigenvalue weighted by atomic mass is 35.5. The van der Waals surface area contributed by atoms with Crippen molar-refractivity contribution in [2.45, 2.75) is 32.3 Å². The number of amides is 3. The molecule has 180 valence electrons. The molecule has 8 nitrogen and oxygen atoms in total. The number of anilines is 2. The first-order valence-electron chi connectivity index (χ1n) is 11.4. The molecule has 0 radical (unpaired) electrons. The van der Waals surface area contributed by atoms with Crippen molar-refractivity contribution in [3.63, 3.8) is 0 Å². The maximum absolute atomic E-state index is 12.5. The fourth-order valence-electron chi connectivity index (χ4n) is 4.10. The quantitative estimate of drug-likeness (QED) is 0.598. The Hall–Kier alpha value is -3.10. The lowest BCUT2D eigenvalue weighted by Crippen LogP contribution is -2.37. The Morgan fingerprint density at radius 2 is 2.00 bits per heavy atom. The zero-order valence-corrected chi connectivity index (χ0v) is 19.8. The Kier molecular flexibility index (Phi) is 7.70. The summed E-state index contributed by atoms with van der Waals surface area (Å²) in [5, 5.41) is 6.27. The maximum atomic E-state index is 12.5. The van der Waals surface area contributed by atoms with Crippen molar-refractivity contribution >= 4 is 40.7 Å². The number of carbonyl (C=O) groups excluding carboxylic acids is 3. The van der Waals surface area contributed by atoms with Crippen molar-refractivity contribution in [2.24, 2.45) is 5.92 Å². The standard InChI is InChI=1S/C25H28ClN3O5/c1-16-21(26)5-2-6-22(16)28-23(30)15-34-19-9-7-18(8-10-19)29-14-17(12-24(29)31)25(32)27-13-20-4-3-11-33-20/h2,5-10,17,20H,3-4,11-15H2,1H3,(H,27,32)(H,28,30)/t17-,20-/m0/s1. The average Bonchev–Trinajstić information content (AvgIpc) is 3.49. The van der Waals surface area contributed by atoms with Crippen LogP contribution in [0, 0.1) is 12.8 Å². The van der Waals surface area contributed by atoms with E-state index in [1.54, 1.807) is 47.4 Å². The highest BCUT2D eigenvalue weighted by Crippen LogP contribution is 2.27. The molecule has 0 aromatic heterocycles. The van der Waals surface area contributed by atoms with Crippen molar-refractivity contribution in [1.82, 2.24) is 5.32 Å². The van der Waals surface area contributed by atoms with Crippen LogP contribution in [0.15, 0.2) is 42.5 Å². The first-order valence-corrected chi connectivity index (χ1v) is 11.8. The second kappa shape index (κ2) is 10.9. The van der Waals surface area contributed by atoms with Gasteiger partial charge in [-0.15, -0.1) is 0 Å². The summed E-state index contributed by atoms with van der Waals surface area (Å²) in [6, 6.07) is 12.2. The van der Waals surface area contributed by atoms with Gasteiger partial charge in [-0.2, -0.15) is 0 Å². The average molecular weight is 486 g/mol. The van der Waals surface area contributed by atoms with Gasteiger partial charge < -0.3 is 25.0 Å². The second-order valence-corrected chi connectivity index (χ2v) is 8.94. The van der Waals surface area contributed by atoms with E-state index in [4.69, 9.17) is 21.1 Å². The van der Waals surface area contributed by atoms with Crippen LogP contribution in [0.4, 0.5) is 11.4 Å². The minimum Gasteiger partial charge on any atom is -0.484 e. The van der Waals surface area contributed by atoms with Crippen LogP contribution < -0.4 is 20.3 Å². The van der Waals surface area contributed by atoms with Crippen molar-refractivity contribution in [1.29, 1.82) is 0 Å². The molecule has 0 bridgehead atoms. The van der Waals surface area contributed by atoms with E-state index in [0.717, 1.165) is 25.0 Å². The van der Waals surface area contributed by atoms with Gasteiger partial charge in [0.2, 0.25) is 11.8 Å². The molecule has 0 saturated carbocycles. The SMILES string of the molecule is Cc1c(Cl)cccc1NC(=O)COc1ccc(N2C[C@@H](C(=O)NC[C@@H]3CCCO3)CC2=O)cc1. The van der Waals surface area contributed by atoms with Gasteiger partial charge in [-0.3, -0.25) is 14.4 Å². The molecule has 2 saturated heterocycles. The van der Waals surface area contributed by atoms with E-state index in [1.807, 2.05) is 6.92 Å². The number of nitrogens with zero attached hydrogens (tertiary/aromatic N) is 1. The van der Waals surface area contributed by atoms with Crippen LogP contribution in [0.1, 0.15) is 24.8 Å². The summed E-state index contributed by atoms with van der Waals surface area (Å²) in [6.45, 7) is 3.22. The molecule has 2 aromatic carbocycles. The first kappa shape index (κ1) is 24.0. The highest BCUT2D eigenvalue weighted by molar-refractivity contribution is 6.31. The third-order valence-corrected chi connectivity index (χ3v) is 6.49. The fourth-order valence-corrected chi connectivity index (χ4v) is 4.27. The summed E-state index contributed by atoms with van der Waals surface area (Å²) >= 11 is 6.08. The van der Waals surface area contributed by atoms with E-state index in [2.05, 4.69) is 10.6 Å². The summed E-state index contributed by atoms with van der Waals surface area (Å²) in [6.07, 6.45) is 2.22. The van der Waals surface area contributed by atoms with Gasteiger partial charge in [0.25, 0.3) is 5.91 Å². The Bertz CT molecular complexity index is 1050. The molecule has 2 heterocycles. The molecule has 2 fully saturated rings. The molecule has 9 heteroatoms. The minimum absolute atomic E-state index is 0.0706. The number of hydrogen-bond donors (Lipinski definition) is 2. The summed E-state index contributed by atoms with van der Waals surface area (Å²) in [7, 11) is 0. The lowest BCUT2D eigenvalue weighted by Gasteiger charge is -2.18. The maximum Gasteiger partial charge on any atom is 0.262 e. The monoisotopic (exact) mass is 485 g/mol. The van der Waals surface area contributed by atoms with Crippen molar-refractivity contribution in [3.8, 4) is 5.75 Å². The largest absolute Gasteiger partial charge is 0.484 e. The molecule has 3 amide bonds. The topological polar surface area (TPSA) is 97.0 Å². The molecule has 2 aliphatic rings. The number of nitrogens with one attached hydrogen (secondary N) is 2. The number of hydrogen-bond acceptors (Lipinski definition) is 5. The van der Waals surface area contributed by atoms with E-state index in [9.17, 15) is 14.4 Å². The van der Waals surface area contributed by atoms with E-state index < -0.39 is 0 Å². The van der Waals surface area contributed by atoms with Crippen LogP contribution in [0.25, 0.3) is 0 Å². The predicted molar refractivity (Wildman–Crippen MR) is 129 cm³/mol. The molecule has 2 aliphatic heterocycles. The summed E-state index contributed by atoms with van der Waals surface area (Å²) in [5.74, 6) is -0.404. The molecule has 2 atom stereocenters. The highest BCUT2D eigenvalue weighted by Gasteiger charge is 2.35. The van der Waals surface area contributed by atoms with Crippen LogP contribution in [0.3, 0.4) is 0 Å². The molecule has 34 heavy (non-hydrogen) atoms. The number of carbonyl (C=O) groups is 3. The van der Waals surface area contributed by atoms with E-state index in [0.29, 0.717) is 35.2 Å². The fraction of sp³-hybridized carbons (Fsp3) is 0.400. The normalized spacial score (nSPS) is 19.8. The third kappa shape index (κ3) is 5.87. The first-order chi connectivity index (χ1) is 16.4. The molecule has 2 aromatic rings. The number of benzene rings is 2. The van der Waals surface area contributed by atoms with Crippen LogP contribution >= 0.6 is 11.6 Å². The summed E-state index contributed by atoms with van der Waals surface area (Å²) in [4.78, 5) is 38.8. The van der Waals surface area contributed by atoms with Gasteiger partial charge in [0, 0.05) is 42.5 Å². The van der Waals surface area contributed by atoms with E-state index in [-0.39, 0.29) is 42.8 Å². The Balaban J connectivity index is 1.26. The lowest BCUT2D eigenvalue weighted by molar-refractivity contribution is -0.126. The zero-order valence-electron chi connectivity index (χ0n) is 19.0. The van der Waals surface area contributed by atoms with E-state index >= 15 is 0 Å². The lowest BCUT2D eigenvalue weighted by atomic mass is 10.1. The van der Waals surface area contributed by atoms with Crippen LogP contribution in [-0.2, 0) is 19.1 Å². The van der Waals surface area contributed by atoms with Gasteiger partial charge in [-0.05, 0) is 61.7 Å². The Labute approximate surface area is 203 Å². The van der Waals surface area contributed by atoms with Crippen LogP contribution in [0.2, 0.25) is 5.02 Å². The number of halogens is 1. The molecule has 4 rings (SSSR count). The summed E-state index contributed by atoms with van der Waals surface area (Å²) < 4.78 is 11.1.